The van der Waals surface area contributed by atoms with Gasteiger partial charge in [0.1, 0.15) is 0 Å². The molecule has 346 valence electrons. The molecule has 6 heteroatoms. The number of allylic oxidation sites excluding steroid dienone is 6. The van der Waals surface area contributed by atoms with Gasteiger partial charge in [0.15, 0.2) is 0 Å². The Hall–Kier alpha value is -1.92. The lowest BCUT2D eigenvalue weighted by Gasteiger charge is -2.22. The zero-order chi connectivity index (χ0) is 43.0. The van der Waals surface area contributed by atoms with Crippen LogP contribution in [0, 0.1) is 0 Å². The average molecular weight is 830 g/mol. The lowest BCUT2D eigenvalue weighted by atomic mass is 10.0. The number of esters is 1. The minimum absolute atomic E-state index is 0.0122. The second kappa shape index (κ2) is 48.7. The molecule has 0 bridgehead atoms. The van der Waals surface area contributed by atoms with E-state index in [2.05, 4.69) is 55.6 Å². The minimum Gasteiger partial charge on any atom is -0.466 e. The number of aliphatic hydroxyl groups is 2. The number of nitrogens with one attached hydrogen (secondary N) is 1. The molecule has 0 radical (unpaired) electrons. The first kappa shape index (κ1) is 57.1. The Morgan fingerprint density at radius 2 is 0.881 bits per heavy atom. The molecule has 2 unspecified atom stereocenters. The molecule has 0 saturated carbocycles. The smallest absolute Gasteiger partial charge is 0.305 e. The van der Waals surface area contributed by atoms with Crippen LogP contribution in [0.1, 0.15) is 264 Å². The molecule has 1 amide bonds. The summed E-state index contributed by atoms with van der Waals surface area (Å²) in [5, 5.41) is 23.1. The molecular weight excluding hydrogens is 731 g/mol. The van der Waals surface area contributed by atoms with E-state index < -0.39 is 12.1 Å². The monoisotopic (exact) mass is 830 g/mol. The van der Waals surface area contributed by atoms with Crippen molar-refractivity contribution in [1.82, 2.24) is 5.32 Å². The van der Waals surface area contributed by atoms with Crippen molar-refractivity contribution in [1.29, 1.82) is 0 Å². The first-order chi connectivity index (χ1) is 29.0. The molecule has 3 N–H and O–H groups in total. The van der Waals surface area contributed by atoms with Gasteiger partial charge in [0.05, 0.1) is 25.4 Å². The molecule has 0 aromatic heterocycles. The highest BCUT2D eigenvalue weighted by atomic mass is 16.5. The van der Waals surface area contributed by atoms with E-state index in [0.717, 1.165) is 57.8 Å². The largest absolute Gasteiger partial charge is 0.466 e. The lowest BCUT2D eigenvalue weighted by Crippen LogP contribution is -2.45. The standard InChI is InChI=1S/C53H99NO5/c1-3-5-7-9-11-13-15-23-27-31-35-39-43-47-53(58)59-48-44-40-36-32-28-25-22-20-18-16-17-19-21-24-26-30-34-38-42-46-52(57)54-50(49-55)51(56)45-41-37-33-29-14-12-10-8-6-4-2/h7,9,13,15-17,50-51,55-56H,3-6,8,10-12,14,18-49H2,1-2H3,(H,54,57)/b9-7-,15-13-,17-16-. The number of amides is 1. The summed E-state index contributed by atoms with van der Waals surface area (Å²) in [4.78, 5) is 24.4. The van der Waals surface area contributed by atoms with Crippen molar-refractivity contribution in [3.63, 3.8) is 0 Å². The zero-order valence-electron chi connectivity index (χ0n) is 39.2. The van der Waals surface area contributed by atoms with E-state index in [1.54, 1.807) is 0 Å². The number of unbranched alkanes of at least 4 members (excludes halogenated alkanes) is 30. The van der Waals surface area contributed by atoms with Gasteiger partial charge in [-0.15, -0.1) is 0 Å². The summed E-state index contributed by atoms with van der Waals surface area (Å²) in [7, 11) is 0. The summed E-state index contributed by atoms with van der Waals surface area (Å²) in [6.07, 6.45) is 58.3. The Morgan fingerprint density at radius 1 is 0.475 bits per heavy atom. The Morgan fingerprint density at radius 3 is 1.37 bits per heavy atom. The van der Waals surface area contributed by atoms with Crippen molar-refractivity contribution in [2.75, 3.05) is 13.2 Å². The van der Waals surface area contributed by atoms with Crippen molar-refractivity contribution < 1.29 is 24.5 Å². The topological polar surface area (TPSA) is 95.9 Å². The number of carbonyl (C=O) groups is 2. The summed E-state index contributed by atoms with van der Waals surface area (Å²) in [5.41, 5.74) is 0. The Kier molecular flexibility index (Phi) is 47.2. The zero-order valence-corrected chi connectivity index (χ0v) is 39.2. The third-order valence-corrected chi connectivity index (χ3v) is 11.6. The van der Waals surface area contributed by atoms with E-state index in [0.29, 0.717) is 25.9 Å². The van der Waals surface area contributed by atoms with Gasteiger partial charge in [0.2, 0.25) is 5.91 Å². The van der Waals surface area contributed by atoms with Gasteiger partial charge in [-0.3, -0.25) is 9.59 Å². The second-order valence-corrected chi connectivity index (χ2v) is 17.5. The van der Waals surface area contributed by atoms with Gasteiger partial charge in [-0.25, -0.2) is 0 Å². The van der Waals surface area contributed by atoms with Crippen molar-refractivity contribution >= 4 is 11.9 Å². The molecule has 0 aliphatic heterocycles. The molecule has 0 saturated heterocycles. The molecule has 0 fully saturated rings. The van der Waals surface area contributed by atoms with Gasteiger partial charge in [-0.05, 0) is 77.0 Å². The summed E-state index contributed by atoms with van der Waals surface area (Å²) in [6.45, 7) is 4.85. The number of rotatable bonds is 47. The molecule has 6 nitrogen and oxygen atoms in total. The predicted octanol–water partition coefficient (Wildman–Crippen LogP) is 15.3. The van der Waals surface area contributed by atoms with E-state index in [9.17, 15) is 19.8 Å². The van der Waals surface area contributed by atoms with E-state index in [4.69, 9.17) is 4.74 Å². The molecule has 0 rings (SSSR count). The molecule has 59 heavy (non-hydrogen) atoms. The van der Waals surface area contributed by atoms with Gasteiger partial charge >= 0.3 is 5.97 Å². The van der Waals surface area contributed by atoms with E-state index in [-0.39, 0.29) is 18.5 Å². The summed E-state index contributed by atoms with van der Waals surface area (Å²) in [6, 6.07) is -0.547. The van der Waals surface area contributed by atoms with Gasteiger partial charge in [-0.1, -0.05) is 211 Å². The normalized spacial score (nSPS) is 12.9. The quantitative estimate of drug-likeness (QED) is 0.0323. The molecule has 0 heterocycles. The maximum atomic E-state index is 12.4. The van der Waals surface area contributed by atoms with E-state index in [1.165, 1.54) is 173 Å². The highest BCUT2D eigenvalue weighted by Gasteiger charge is 2.20. The van der Waals surface area contributed by atoms with E-state index in [1.807, 2.05) is 0 Å². The Balaban J connectivity index is 3.44. The fraction of sp³-hybridized carbons (Fsp3) is 0.849. The van der Waals surface area contributed by atoms with Gasteiger partial charge in [0, 0.05) is 12.8 Å². The molecule has 2 atom stereocenters. The number of carbonyl (C=O) groups excluding carboxylic acids is 2. The van der Waals surface area contributed by atoms with Crippen LogP contribution in [-0.2, 0) is 14.3 Å². The van der Waals surface area contributed by atoms with Crippen molar-refractivity contribution in [2.24, 2.45) is 0 Å². The van der Waals surface area contributed by atoms with Gasteiger partial charge < -0.3 is 20.3 Å². The number of hydrogen-bond donors (Lipinski definition) is 3. The highest BCUT2D eigenvalue weighted by molar-refractivity contribution is 5.76. The second-order valence-electron chi connectivity index (χ2n) is 17.5. The van der Waals surface area contributed by atoms with Gasteiger partial charge in [0.25, 0.3) is 0 Å². The van der Waals surface area contributed by atoms with E-state index >= 15 is 0 Å². The number of aliphatic hydroxyl groups excluding tert-OH is 2. The predicted molar refractivity (Wildman–Crippen MR) is 255 cm³/mol. The first-order valence-electron chi connectivity index (χ1n) is 25.7. The number of hydrogen-bond acceptors (Lipinski definition) is 5. The van der Waals surface area contributed by atoms with Crippen molar-refractivity contribution in [3.8, 4) is 0 Å². The minimum atomic E-state index is -0.669. The summed E-state index contributed by atoms with van der Waals surface area (Å²) in [5.74, 6) is -0.0597. The van der Waals surface area contributed by atoms with Crippen LogP contribution in [0.2, 0.25) is 0 Å². The highest BCUT2D eigenvalue weighted by Crippen LogP contribution is 2.15. The first-order valence-corrected chi connectivity index (χ1v) is 25.7. The molecule has 0 aliphatic carbocycles. The summed E-state index contributed by atoms with van der Waals surface area (Å²) >= 11 is 0. The van der Waals surface area contributed by atoms with Crippen molar-refractivity contribution in [3.05, 3.63) is 36.5 Å². The van der Waals surface area contributed by atoms with Gasteiger partial charge in [-0.2, -0.15) is 0 Å². The number of ether oxygens (including phenoxy) is 1. The van der Waals surface area contributed by atoms with Crippen LogP contribution in [-0.4, -0.2) is 47.4 Å². The van der Waals surface area contributed by atoms with Crippen LogP contribution < -0.4 is 5.32 Å². The Bertz CT molecular complexity index is 962. The molecule has 0 aliphatic rings. The fourth-order valence-corrected chi connectivity index (χ4v) is 7.67. The molecule has 0 aromatic carbocycles. The molecular formula is C53H99NO5. The third kappa shape index (κ3) is 45.4. The lowest BCUT2D eigenvalue weighted by molar-refractivity contribution is -0.143. The third-order valence-electron chi connectivity index (χ3n) is 11.6. The SMILES string of the molecule is CCC/C=C\C/C=C\CCCCCCCC(=O)OCCCCCCCCCC/C=C\CCCCCCCCCC(=O)NC(CO)C(O)CCCCCCCCCCCC. The fourth-order valence-electron chi connectivity index (χ4n) is 7.67. The van der Waals surface area contributed by atoms with Crippen LogP contribution in [0.4, 0.5) is 0 Å². The van der Waals surface area contributed by atoms with Crippen LogP contribution in [0.15, 0.2) is 36.5 Å². The van der Waals surface area contributed by atoms with Crippen LogP contribution >= 0.6 is 0 Å². The van der Waals surface area contributed by atoms with Crippen LogP contribution in [0.25, 0.3) is 0 Å². The van der Waals surface area contributed by atoms with Crippen LogP contribution in [0.5, 0.6) is 0 Å². The average Bonchev–Trinajstić information content (AvgIpc) is 3.24. The van der Waals surface area contributed by atoms with Crippen molar-refractivity contribution in [2.45, 2.75) is 276 Å². The maximum absolute atomic E-state index is 12.4. The molecule has 0 spiro atoms. The maximum Gasteiger partial charge on any atom is 0.305 e. The van der Waals surface area contributed by atoms with Crippen LogP contribution in [0.3, 0.4) is 0 Å². The summed E-state index contributed by atoms with van der Waals surface area (Å²) < 4.78 is 5.45. The molecule has 0 aromatic rings. The Labute approximate surface area is 366 Å².